The van der Waals surface area contributed by atoms with Crippen molar-refractivity contribution in [3.63, 3.8) is 0 Å². The van der Waals surface area contributed by atoms with Crippen LogP contribution in [-0.2, 0) is 14.6 Å². The van der Waals surface area contributed by atoms with E-state index in [-0.39, 0.29) is 5.92 Å². The predicted molar refractivity (Wildman–Crippen MR) is 62.1 cm³/mol. The summed E-state index contributed by atoms with van der Waals surface area (Å²) >= 11 is 0. The summed E-state index contributed by atoms with van der Waals surface area (Å²) in [5.41, 5.74) is 0. The third-order valence-electron chi connectivity index (χ3n) is 3.22. The number of carboxylic acid groups (broad SMARTS) is 1. The van der Waals surface area contributed by atoms with Crippen molar-refractivity contribution < 1.29 is 18.3 Å². The van der Waals surface area contributed by atoms with Gasteiger partial charge in [-0.15, -0.1) is 0 Å². The average molecular weight is 248 g/mol. The molecule has 1 unspecified atom stereocenters. The van der Waals surface area contributed by atoms with Gasteiger partial charge in [0, 0.05) is 0 Å². The average Bonchev–Trinajstić information content (AvgIpc) is 2.17. The highest BCUT2D eigenvalue weighted by Crippen LogP contribution is 2.28. The van der Waals surface area contributed by atoms with Crippen molar-refractivity contribution in [2.24, 2.45) is 5.92 Å². The lowest BCUT2D eigenvalue weighted by atomic mass is 10.0. The van der Waals surface area contributed by atoms with E-state index in [2.05, 4.69) is 0 Å². The number of hydrogen-bond donors (Lipinski definition) is 1. The maximum Gasteiger partial charge on any atom is 0.322 e. The molecule has 0 spiro atoms. The van der Waals surface area contributed by atoms with Gasteiger partial charge in [-0.3, -0.25) is 4.79 Å². The van der Waals surface area contributed by atoms with E-state index in [1.165, 1.54) is 0 Å². The maximum absolute atomic E-state index is 12.2. The Morgan fingerprint density at radius 1 is 1.19 bits per heavy atom. The number of carboxylic acids is 1. The SMILES string of the molecule is CC(C)C(C(=O)O)S(=O)(=O)C1CCCCC1. The summed E-state index contributed by atoms with van der Waals surface area (Å²) < 4.78 is 24.4. The monoisotopic (exact) mass is 248 g/mol. The Hall–Kier alpha value is -0.580. The number of sulfone groups is 1. The van der Waals surface area contributed by atoms with Gasteiger partial charge in [0.05, 0.1) is 5.25 Å². The lowest BCUT2D eigenvalue weighted by molar-refractivity contribution is -0.137. The summed E-state index contributed by atoms with van der Waals surface area (Å²) in [4.78, 5) is 11.1. The molecule has 0 heterocycles. The molecule has 0 amide bonds. The van der Waals surface area contributed by atoms with E-state index in [1.54, 1.807) is 13.8 Å². The summed E-state index contributed by atoms with van der Waals surface area (Å²) in [5.74, 6) is -1.58. The van der Waals surface area contributed by atoms with Crippen LogP contribution in [-0.4, -0.2) is 30.0 Å². The molecule has 0 aliphatic heterocycles. The summed E-state index contributed by atoms with van der Waals surface area (Å²) in [6.45, 7) is 3.30. The zero-order chi connectivity index (χ0) is 12.3. The van der Waals surface area contributed by atoms with Crippen LogP contribution in [0.1, 0.15) is 46.0 Å². The first kappa shape index (κ1) is 13.5. The molecule has 16 heavy (non-hydrogen) atoms. The number of aliphatic carboxylic acids is 1. The van der Waals surface area contributed by atoms with Gasteiger partial charge in [-0.1, -0.05) is 33.1 Å². The Morgan fingerprint density at radius 2 is 1.69 bits per heavy atom. The van der Waals surface area contributed by atoms with Crippen molar-refractivity contribution in [1.29, 1.82) is 0 Å². The van der Waals surface area contributed by atoms with Gasteiger partial charge < -0.3 is 5.11 Å². The molecule has 0 aromatic carbocycles. The largest absolute Gasteiger partial charge is 0.480 e. The minimum atomic E-state index is -3.52. The van der Waals surface area contributed by atoms with Crippen molar-refractivity contribution in [3.8, 4) is 0 Å². The van der Waals surface area contributed by atoms with Crippen molar-refractivity contribution in [2.75, 3.05) is 0 Å². The fourth-order valence-corrected chi connectivity index (χ4v) is 4.85. The minimum absolute atomic E-state index is 0.371. The lowest BCUT2D eigenvalue weighted by Crippen LogP contribution is -2.41. The Labute approximate surface area is 97.0 Å². The van der Waals surface area contributed by atoms with Gasteiger partial charge in [0.25, 0.3) is 0 Å². The fraction of sp³-hybridized carbons (Fsp3) is 0.909. The smallest absolute Gasteiger partial charge is 0.322 e. The van der Waals surface area contributed by atoms with Crippen LogP contribution in [0, 0.1) is 5.92 Å². The van der Waals surface area contributed by atoms with E-state index in [0.717, 1.165) is 19.3 Å². The van der Waals surface area contributed by atoms with Gasteiger partial charge in [0.1, 0.15) is 0 Å². The van der Waals surface area contributed by atoms with E-state index < -0.39 is 26.3 Å². The molecule has 94 valence electrons. The van der Waals surface area contributed by atoms with Gasteiger partial charge in [-0.2, -0.15) is 0 Å². The molecule has 0 saturated heterocycles. The molecule has 1 aliphatic rings. The highest BCUT2D eigenvalue weighted by atomic mass is 32.2. The molecule has 1 saturated carbocycles. The summed E-state index contributed by atoms with van der Waals surface area (Å²) in [6.07, 6.45) is 4.10. The second kappa shape index (κ2) is 5.17. The first-order valence-corrected chi connectivity index (χ1v) is 7.44. The minimum Gasteiger partial charge on any atom is -0.480 e. The quantitative estimate of drug-likeness (QED) is 0.824. The number of hydrogen-bond acceptors (Lipinski definition) is 3. The topological polar surface area (TPSA) is 71.4 Å². The molecule has 5 heteroatoms. The van der Waals surface area contributed by atoms with Gasteiger partial charge in [-0.25, -0.2) is 8.42 Å². The summed E-state index contributed by atoms with van der Waals surface area (Å²) in [6, 6.07) is 0. The standard InChI is InChI=1S/C11H20O4S/c1-8(2)10(11(12)13)16(14,15)9-6-4-3-5-7-9/h8-10H,3-7H2,1-2H3,(H,12,13). The van der Waals surface area contributed by atoms with Crippen LogP contribution in [0.15, 0.2) is 0 Å². The summed E-state index contributed by atoms with van der Waals surface area (Å²) in [7, 11) is -3.52. The highest BCUT2D eigenvalue weighted by Gasteiger charge is 2.40. The zero-order valence-corrected chi connectivity index (χ0v) is 10.7. The van der Waals surface area contributed by atoms with Crippen molar-refractivity contribution >= 4 is 15.8 Å². The molecule has 4 nitrogen and oxygen atoms in total. The zero-order valence-electron chi connectivity index (χ0n) is 9.85. The number of carbonyl (C=O) groups is 1. The van der Waals surface area contributed by atoms with Crippen molar-refractivity contribution in [3.05, 3.63) is 0 Å². The Kier molecular flexibility index (Phi) is 4.35. The van der Waals surface area contributed by atoms with E-state index in [1.807, 2.05) is 0 Å². The van der Waals surface area contributed by atoms with Gasteiger partial charge >= 0.3 is 5.97 Å². The Morgan fingerprint density at radius 3 is 2.06 bits per heavy atom. The summed E-state index contributed by atoms with van der Waals surface area (Å²) in [5, 5.41) is 7.35. The van der Waals surface area contributed by atoms with Gasteiger partial charge in [0.2, 0.25) is 0 Å². The van der Waals surface area contributed by atoms with Crippen LogP contribution in [0.25, 0.3) is 0 Å². The van der Waals surface area contributed by atoms with Gasteiger partial charge in [-0.05, 0) is 18.8 Å². The van der Waals surface area contributed by atoms with E-state index in [9.17, 15) is 13.2 Å². The van der Waals surface area contributed by atoms with Crippen LogP contribution < -0.4 is 0 Å². The van der Waals surface area contributed by atoms with Crippen molar-refractivity contribution in [2.45, 2.75) is 56.5 Å². The van der Waals surface area contributed by atoms with Crippen LogP contribution in [0.5, 0.6) is 0 Å². The van der Waals surface area contributed by atoms with Crippen LogP contribution in [0.2, 0.25) is 0 Å². The van der Waals surface area contributed by atoms with E-state index in [0.29, 0.717) is 12.8 Å². The van der Waals surface area contributed by atoms with Crippen molar-refractivity contribution in [1.82, 2.24) is 0 Å². The highest BCUT2D eigenvalue weighted by molar-refractivity contribution is 7.93. The maximum atomic E-state index is 12.2. The molecule has 0 aromatic rings. The van der Waals surface area contributed by atoms with Gasteiger partial charge in [0.15, 0.2) is 15.1 Å². The molecule has 1 fully saturated rings. The van der Waals surface area contributed by atoms with Crippen LogP contribution in [0.3, 0.4) is 0 Å². The third kappa shape index (κ3) is 2.75. The Balaban J connectivity index is 2.93. The van der Waals surface area contributed by atoms with Crippen LogP contribution in [0.4, 0.5) is 0 Å². The molecular formula is C11H20O4S. The van der Waals surface area contributed by atoms with Crippen LogP contribution >= 0.6 is 0 Å². The lowest BCUT2D eigenvalue weighted by Gasteiger charge is -2.26. The molecule has 0 radical (unpaired) electrons. The molecule has 1 rings (SSSR count). The van der Waals surface area contributed by atoms with E-state index in [4.69, 9.17) is 5.11 Å². The molecule has 1 aliphatic carbocycles. The molecule has 0 bridgehead atoms. The predicted octanol–water partition coefficient (Wildman–Crippen LogP) is 1.84. The first-order chi connectivity index (χ1) is 7.37. The molecule has 1 atom stereocenters. The molecular weight excluding hydrogens is 228 g/mol. The Bertz CT molecular complexity index is 339. The third-order valence-corrected chi connectivity index (χ3v) is 6.07. The second-order valence-electron chi connectivity index (χ2n) is 4.85. The first-order valence-electron chi connectivity index (χ1n) is 5.83. The molecule has 0 aromatic heterocycles. The fourth-order valence-electron chi connectivity index (χ4n) is 2.41. The molecule has 1 N–H and O–H groups in total. The normalized spacial score (nSPS) is 20.9. The second-order valence-corrected chi connectivity index (χ2v) is 7.20. The van der Waals surface area contributed by atoms with E-state index >= 15 is 0 Å². The number of rotatable bonds is 4.